The molecule has 0 fully saturated rings. The van der Waals surface area contributed by atoms with E-state index in [0.717, 1.165) is 12.1 Å². The Morgan fingerprint density at radius 2 is 1.74 bits per heavy atom. The van der Waals surface area contributed by atoms with Crippen molar-refractivity contribution >= 4 is 17.7 Å². The van der Waals surface area contributed by atoms with Crippen LogP contribution in [0.2, 0.25) is 0 Å². The first-order valence-corrected chi connectivity index (χ1v) is 9.07. The maximum Gasteiger partial charge on any atom is 0.490 e. The van der Waals surface area contributed by atoms with E-state index >= 15 is 0 Å². The molecule has 0 aliphatic rings. The number of hydrogen-bond acceptors (Lipinski definition) is 7. The Morgan fingerprint density at radius 3 is 2.20 bits per heavy atom. The average molecular weight is 508 g/mol. The summed E-state index contributed by atoms with van der Waals surface area (Å²) in [6, 6.07) is 3.26. The number of methoxy groups -OCH3 is 1. The fourth-order valence-electron chi connectivity index (χ4n) is 2.38. The molecule has 15 heteroatoms. The number of alkyl halides is 6. The van der Waals surface area contributed by atoms with Gasteiger partial charge in [0.1, 0.15) is 6.61 Å². The van der Waals surface area contributed by atoms with Gasteiger partial charge in [0.15, 0.2) is 11.5 Å². The van der Waals surface area contributed by atoms with Gasteiger partial charge in [-0.2, -0.15) is 26.3 Å². The van der Waals surface area contributed by atoms with Crippen LogP contribution in [0.4, 0.5) is 32.2 Å². The van der Waals surface area contributed by atoms with Crippen LogP contribution in [0.25, 0.3) is 11.3 Å². The molecule has 1 aromatic heterocycles. The lowest BCUT2D eigenvalue weighted by atomic mass is 9.89. The number of nitrogens with zero attached hydrogens (tertiary/aromatic N) is 2. The zero-order valence-corrected chi connectivity index (χ0v) is 18.0. The van der Waals surface area contributed by atoms with E-state index < -0.39 is 35.4 Å². The van der Waals surface area contributed by atoms with Crippen LogP contribution >= 0.6 is 0 Å². The zero-order valence-electron chi connectivity index (χ0n) is 18.0. The Bertz CT molecular complexity index is 1160. The molecule has 6 N–H and O–H groups in total. The summed E-state index contributed by atoms with van der Waals surface area (Å²) in [5.41, 5.74) is 6.96. The van der Waals surface area contributed by atoms with Gasteiger partial charge < -0.3 is 26.4 Å². The summed E-state index contributed by atoms with van der Waals surface area (Å²) in [5.74, 6) is 0.640. The summed E-state index contributed by atoms with van der Waals surface area (Å²) >= 11 is 0. The zero-order chi connectivity index (χ0) is 27.2. The molecular weight excluding hydrogens is 490 g/mol. The molecule has 0 saturated carbocycles. The number of carbonyl (C=O) groups excluding carboxylic acids is 1. The predicted molar refractivity (Wildman–Crippen MR) is 108 cm³/mol. The molecule has 0 aliphatic carbocycles. The third-order valence-electron chi connectivity index (χ3n) is 4.16. The van der Waals surface area contributed by atoms with Crippen molar-refractivity contribution in [1.82, 2.24) is 9.97 Å². The minimum atomic E-state index is -5.31. The van der Waals surface area contributed by atoms with Gasteiger partial charge in [0.2, 0.25) is 0 Å². The van der Waals surface area contributed by atoms with Crippen LogP contribution in [-0.2, 0) is 19.9 Å². The van der Waals surface area contributed by atoms with Crippen LogP contribution in [0, 0.1) is 18.8 Å². The Morgan fingerprint density at radius 1 is 1.17 bits per heavy atom. The fraction of sp³-hybridized carbons (Fsp3) is 0.300. The van der Waals surface area contributed by atoms with Gasteiger partial charge in [-0.3, -0.25) is 4.79 Å². The molecule has 0 aliphatic heterocycles. The highest BCUT2D eigenvalue weighted by Gasteiger charge is 2.60. The van der Waals surface area contributed by atoms with E-state index in [4.69, 9.17) is 26.1 Å². The molecule has 0 saturated heterocycles. The largest absolute Gasteiger partial charge is 0.490 e. The molecule has 0 bridgehead atoms. The number of carbonyl (C=O) groups is 2. The van der Waals surface area contributed by atoms with Gasteiger partial charge in [-0.1, -0.05) is 18.1 Å². The van der Waals surface area contributed by atoms with Crippen LogP contribution in [0.3, 0.4) is 0 Å². The minimum absolute atomic E-state index is 0.0325. The van der Waals surface area contributed by atoms with Crippen molar-refractivity contribution < 1.29 is 50.9 Å². The number of halogens is 6. The highest BCUT2D eigenvalue weighted by molar-refractivity contribution is 5.86. The molecule has 1 unspecified atom stereocenters. The van der Waals surface area contributed by atoms with Gasteiger partial charge in [-0.05, 0) is 24.5 Å². The average Bonchev–Trinajstić information content (AvgIpc) is 2.74. The van der Waals surface area contributed by atoms with Gasteiger partial charge >= 0.3 is 18.3 Å². The van der Waals surface area contributed by atoms with Crippen molar-refractivity contribution in [3.8, 4) is 23.1 Å². The third kappa shape index (κ3) is 7.04. The first-order chi connectivity index (χ1) is 16.0. The van der Waals surface area contributed by atoms with Gasteiger partial charge in [0.25, 0.3) is 11.5 Å². The number of aromatic nitrogens is 2. The summed E-state index contributed by atoms with van der Waals surface area (Å²) in [5, 5.41) is 17.1. The minimum Gasteiger partial charge on any atom is -0.475 e. The van der Waals surface area contributed by atoms with E-state index in [1.807, 2.05) is 0 Å². The van der Waals surface area contributed by atoms with Gasteiger partial charge in [-0.15, -0.1) is 0 Å². The lowest BCUT2D eigenvalue weighted by Crippen LogP contribution is -2.52. The topological polar surface area (TPSA) is 162 Å². The third-order valence-corrected chi connectivity index (χ3v) is 4.16. The van der Waals surface area contributed by atoms with Crippen molar-refractivity contribution in [1.29, 1.82) is 0 Å². The van der Waals surface area contributed by atoms with Crippen LogP contribution in [-0.4, -0.2) is 58.1 Å². The SMILES string of the molecule is COCC#Cc1nc(-c2cc(C(O)(C(N)=O)C(F)(F)F)ccc2C)cnc1N.O=C(O)C(F)(F)F. The molecule has 2 aromatic rings. The van der Waals surface area contributed by atoms with E-state index in [-0.39, 0.29) is 29.4 Å². The maximum absolute atomic E-state index is 13.3. The van der Waals surface area contributed by atoms with E-state index in [1.54, 1.807) is 6.92 Å². The number of amides is 1. The lowest BCUT2D eigenvalue weighted by Gasteiger charge is -2.28. The maximum atomic E-state index is 13.3. The Kier molecular flexibility index (Phi) is 9.17. The second kappa shape index (κ2) is 11.0. The number of benzene rings is 1. The van der Waals surface area contributed by atoms with E-state index in [2.05, 4.69) is 21.8 Å². The predicted octanol–water partition coefficient (Wildman–Crippen LogP) is 1.90. The number of nitrogen functional groups attached to an aromatic ring is 1. The monoisotopic (exact) mass is 508 g/mol. The standard InChI is InChI=1S/C18H17F3N4O3.C2HF3O2/c1-10-5-6-11(17(27,16(23)26)18(19,20)21)8-12(10)14-9-24-15(22)13(25-14)4-3-7-28-2;3-2(4,5)1(6)7/h5-6,8-9,27H,7H2,1-2H3,(H2,22,24)(H2,23,26);(H,6,7). The Labute approximate surface area is 193 Å². The molecule has 35 heavy (non-hydrogen) atoms. The van der Waals surface area contributed by atoms with Crippen molar-refractivity contribution in [3.63, 3.8) is 0 Å². The Hall–Kier alpha value is -3.90. The number of primary amides is 1. The number of rotatable bonds is 4. The van der Waals surface area contributed by atoms with Gasteiger partial charge in [0, 0.05) is 18.2 Å². The molecular formula is C20H18F6N4O5. The summed E-state index contributed by atoms with van der Waals surface area (Å²) < 4.78 is 76.6. The molecule has 1 amide bonds. The van der Waals surface area contributed by atoms with Crippen molar-refractivity contribution in [2.45, 2.75) is 24.9 Å². The molecule has 1 aromatic carbocycles. The molecule has 1 heterocycles. The van der Waals surface area contributed by atoms with Crippen molar-refractivity contribution in [2.75, 3.05) is 19.5 Å². The van der Waals surface area contributed by atoms with Crippen molar-refractivity contribution in [2.24, 2.45) is 5.73 Å². The summed E-state index contributed by atoms with van der Waals surface area (Å²) in [6.07, 6.45) is -9.14. The number of carboxylic acid groups (broad SMARTS) is 1. The number of nitrogens with two attached hydrogens (primary N) is 2. The normalized spacial score (nSPS) is 12.9. The second-order valence-corrected chi connectivity index (χ2v) is 6.63. The quantitative estimate of drug-likeness (QED) is 0.360. The van der Waals surface area contributed by atoms with Crippen molar-refractivity contribution in [3.05, 3.63) is 41.2 Å². The fourth-order valence-corrected chi connectivity index (χ4v) is 2.38. The molecule has 0 spiro atoms. The summed E-state index contributed by atoms with van der Waals surface area (Å²) in [4.78, 5) is 28.5. The molecule has 190 valence electrons. The number of aryl methyl sites for hydroxylation is 1. The van der Waals surface area contributed by atoms with Crippen LogP contribution < -0.4 is 11.5 Å². The van der Waals surface area contributed by atoms with Gasteiger partial charge in [0.05, 0.1) is 11.9 Å². The van der Waals surface area contributed by atoms with Gasteiger partial charge in [-0.25, -0.2) is 14.8 Å². The molecule has 9 nitrogen and oxygen atoms in total. The molecule has 1 atom stereocenters. The van der Waals surface area contributed by atoms with E-state index in [9.17, 15) is 36.2 Å². The number of carboxylic acids is 1. The number of aliphatic carboxylic acids is 1. The highest BCUT2D eigenvalue weighted by atomic mass is 19.4. The van der Waals surface area contributed by atoms with Crippen LogP contribution in [0.15, 0.2) is 24.4 Å². The summed E-state index contributed by atoms with van der Waals surface area (Å²) in [6.45, 7) is 1.74. The number of hydrogen-bond donors (Lipinski definition) is 4. The lowest BCUT2D eigenvalue weighted by molar-refractivity contribution is -0.255. The number of ether oxygens (including phenoxy) is 1. The van der Waals surface area contributed by atoms with Crippen LogP contribution in [0.5, 0.6) is 0 Å². The molecule has 0 radical (unpaired) electrons. The first-order valence-electron chi connectivity index (χ1n) is 9.07. The second-order valence-electron chi connectivity index (χ2n) is 6.63. The first kappa shape index (κ1) is 29.1. The molecule has 2 rings (SSSR count). The Balaban J connectivity index is 0.000000762. The van der Waals surface area contributed by atoms with E-state index in [1.165, 1.54) is 19.4 Å². The highest BCUT2D eigenvalue weighted by Crippen LogP contribution is 2.40. The van der Waals surface area contributed by atoms with Crippen LogP contribution in [0.1, 0.15) is 16.8 Å². The number of anilines is 1. The van der Waals surface area contributed by atoms with E-state index in [0.29, 0.717) is 5.56 Å². The number of aliphatic hydroxyl groups is 1. The smallest absolute Gasteiger partial charge is 0.475 e. The summed E-state index contributed by atoms with van der Waals surface area (Å²) in [7, 11) is 1.45.